The molecule has 0 aromatic carbocycles. The highest BCUT2D eigenvalue weighted by atomic mass is 32.2. The van der Waals surface area contributed by atoms with E-state index in [1.165, 1.54) is 6.20 Å². The minimum atomic E-state index is -3.54. The highest BCUT2D eigenvalue weighted by molar-refractivity contribution is 7.92. The predicted octanol–water partition coefficient (Wildman–Crippen LogP) is 0.423. The predicted molar refractivity (Wildman–Crippen MR) is 79.8 cm³/mol. The van der Waals surface area contributed by atoms with Crippen LogP contribution in [0.2, 0.25) is 0 Å². The maximum absolute atomic E-state index is 12.0. The topological polar surface area (TPSA) is 114 Å². The molecule has 7 nitrogen and oxygen atoms in total. The van der Waals surface area contributed by atoms with E-state index in [0.29, 0.717) is 17.7 Å². The fourth-order valence-electron chi connectivity index (χ4n) is 1.54. The molecular formula is C11H13N5O2S2. The lowest BCUT2D eigenvalue weighted by atomic mass is 10.3. The highest BCUT2D eigenvalue weighted by Crippen LogP contribution is 2.13. The Hall–Kier alpha value is -2.00. The molecule has 106 valence electrons. The Morgan fingerprint density at radius 2 is 2.25 bits per heavy atom. The zero-order valence-corrected chi connectivity index (χ0v) is 12.0. The van der Waals surface area contributed by atoms with Crippen LogP contribution in [0.5, 0.6) is 0 Å². The number of nitrogens with one attached hydrogen (secondary N) is 2. The second-order valence-corrected chi connectivity index (χ2v) is 6.30. The van der Waals surface area contributed by atoms with Gasteiger partial charge in [0.1, 0.15) is 10.8 Å². The second-order valence-electron chi connectivity index (χ2n) is 4.01. The number of aromatic amines is 1. The van der Waals surface area contributed by atoms with E-state index in [-0.39, 0.29) is 16.6 Å². The van der Waals surface area contributed by atoms with Crippen LogP contribution in [-0.2, 0) is 16.4 Å². The van der Waals surface area contributed by atoms with E-state index < -0.39 is 10.0 Å². The number of thiocarbonyl (C=S) groups is 1. The number of sulfonamides is 1. The highest BCUT2D eigenvalue weighted by Gasteiger charge is 2.16. The van der Waals surface area contributed by atoms with Gasteiger partial charge in [-0.25, -0.2) is 8.42 Å². The summed E-state index contributed by atoms with van der Waals surface area (Å²) in [5.74, 6) is 0.0818. The molecular weight excluding hydrogens is 298 g/mol. The first-order chi connectivity index (χ1) is 9.48. The van der Waals surface area contributed by atoms with Crippen LogP contribution in [0.3, 0.4) is 0 Å². The van der Waals surface area contributed by atoms with E-state index in [1.54, 1.807) is 18.3 Å². The van der Waals surface area contributed by atoms with Crippen molar-refractivity contribution < 1.29 is 8.42 Å². The standard InChI is InChI=1S/C11H13N5O2S2/c12-10(19)9-7-14-15-11(9)16-20(17,18)6-4-8-3-1-2-5-13-8/h1-3,5,7H,4,6H2,(H2,12,19)(H2,14,15,16). The third kappa shape index (κ3) is 3.75. The Kier molecular flexibility index (Phi) is 4.30. The minimum absolute atomic E-state index is 0.0705. The Morgan fingerprint density at radius 1 is 1.45 bits per heavy atom. The quantitative estimate of drug-likeness (QED) is 0.666. The molecule has 9 heteroatoms. The molecule has 0 radical (unpaired) electrons. The molecule has 0 fully saturated rings. The summed E-state index contributed by atoms with van der Waals surface area (Å²) in [6.07, 6.45) is 3.31. The van der Waals surface area contributed by atoms with Gasteiger partial charge in [-0.15, -0.1) is 0 Å². The Balaban J connectivity index is 2.04. The summed E-state index contributed by atoms with van der Waals surface area (Å²) in [6.45, 7) is 0. The lowest BCUT2D eigenvalue weighted by Gasteiger charge is -2.07. The number of anilines is 1. The molecule has 0 aliphatic carbocycles. The van der Waals surface area contributed by atoms with Crippen molar-refractivity contribution in [2.24, 2.45) is 5.73 Å². The first kappa shape index (κ1) is 14.4. The third-order valence-electron chi connectivity index (χ3n) is 2.52. The molecule has 0 unspecified atom stereocenters. The number of hydrogen-bond donors (Lipinski definition) is 3. The summed E-state index contributed by atoms with van der Waals surface area (Å²) in [5.41, 5.74) is 6.54. The second kappa shape index (κ2) is 5.97. The molecule has 0 amide bonds. The van der Waals surface area contributed by atoms with Crippen LogP contribution >= 0.6 is 12.2 Å². The fourth-order valence-corrected chi connectivity index (χ4v) is 2.74. The van der Waals surface area contributed by atoms with Crippen molar-refractivity contribution in [1.82, 2.24) is 15.2 Å². The monoisotopic (exact) mass is 311 g/mol. The lowest BCUT2D eigenvalue weighted by molar-refractivity contribution is 0.600. The van der Waals surface area contributed by atoms with Crippen molar-refractivity contribution in [2.45, 2.75) is 6.42 Å². The van der Waals surface area contributed by atoms with Gasteiger partial charge in [-0.3, -0.25) is 14.8 Å². The number of aryl methyl sites for hydroxylation is 1. The molecule has 0 atom stereocenters. The van der Waals surface area contributed by atoms with E-state index in [9.17, 15) is 8.42 Å². The summed E-state index contributed by atoms with van der Waals surface area (Å²) in [4.78, 5) is 4.14. The van der Waals surface area contributed by atoms with Gasteiger partial charge in [-0.05, 0) is 12.1 Å². The van der Waals surface area contributed by atoms with Gasteiger partial charge in [0.15, 0.2) is 0 Å². The van der Waals surface area contributed by atoms with Crippen LogP contribution < -0.4 is 10.5 Å². The molecule has 0 aliphatic heterocycles. The number of rotatable bonds is 6. The first-order valence-corrected chi connectivity index (χ1v) is 7.77. The smallest absolute Gasteiger partial charge is 0.234 e. The van der Waals surface area contributed by atoms with Gasteiger partial charge >= 0.3 is 0 Å². The van der Waals surface area contributed by atoms with Gasteiger partial charge in [0, 0.05) is 18.3 Å². The number of hydrogen-bond acceptors (Lipinski definition) is 5. The molecule has 0 saturated heterocycles. The van der Waals surface area contributed by atoms with Crippen molar-refractivity contribution in [3.8, 4) is 0 Å². The molecule has 4 N–H and O–H groups in total. The molecule has 2 aromatic rings. The van der Waals surface area contributed by atoms with E-state index >= 15 is 0 Å². The number of aromatic nitrogens is 3. The maximum atomic E-state index is 12.0. The third-order valence-corrected chi connectivity index (χ3v) is 3.99. The van der Waals surface area contributed by atoms with Crippen molar-refractivity contribution >= 4 is 33.0 Å². The van der Waals surface area contributed by atoms with Crippen LogP contribution in [0.4, 0.5) is 5.82 Å². The van der Waals surface area contributed by atoms with Gasteiger partial charge in [0.25, 0.3) is 0 Å². The zero-order chi connectivity index (χ0) is 14.6. The van der Waals surface area contributed by atoms with Gasteiger partial charge in [0.2, 0.25) is 10.0 Å². The van der Waals surface area contributed by atoms with Gasteiger partial charge in [-0.1, -0.05) is 18.3 Å². The maximum Gasteiger partial charge on any atom is 0.234 e. The van der Waals surface area contributed by atoms with Gasteiger partial charge in [0.05, 0.1) is 17.5 Å². The number of pyridine rings is 1. The van der Waals surface area contributed by atoms with Gasteiger partial charge in [-0.2, -0.15) is 5.10 Å². The summed E-state index contributed by atoms with van der Waals surface area (Å²) >= 11 is 4.81. The Labute approximate surface area is 121 Å². The van der Waals surface area contributed by atoms with Crippen LogP contribution in [-0.4, -0.2) is 34.3 Å². The number of nitrogens with two attached hydrogens (primary N) is 1. The average molecular weight is 311 g/mol. The molecule has 2 rings (SSSR count). The van der Waals surface area contributed by atoms with E-state index in [1.807, 2.05) is 6.07 Å². The summed E-state index contributed by atoms with van der Waals surface area (Å²) < 4.78 is 26.3. The van der Waals surface area contributed by atoms with E-state index in [2.05, 4.69) is 19.9 Å². The minimum Gasteiger partial charge on any atom is -0.389 e. The largest absolute Gasteiger partial charge is 0.389 e. The van der Waals surface area contributed by atoms with E-state index in [4.69, 9.17) is 18.0 Å². The van der Waals surface area contributed by atoms with Crippen molar-refractivity contribution in [1.29, 1.82) is 0 Å². The van der Waals surface area contributed by atoms with Crippen LogP contribution in [0.15, 0.2) is 30.6 Å². The number of H-pyrrole nitrogens is 1. The molecule has 0 aliphatic rings. The molecule has 0 saturated carbocycles. The molecule has 20 heavy (non-hydrogen) atoms. The van der Waals surface area contributed by atoms with Crippen LogP contribution in [0, 0.1) is 0 Å². The van der Waals surface area contributed by atoms with Crippen molar-refractivity contribution in [3.63, 3.8) is 0 Å². The van der Waals surface area contributed by atoms with Crippen molar-refractivity contribution in [3.05, 3.63) is 41.9 Å². The normalized spacial score (nSPS) is 11.2. The van der Waals surface area contributed by atoms with Crippen LogP contribution in [0.1, 0.15) is 11.3 Å². The number of nitrogens with zero attached hydrogens (tertiary/aromatic N) is 2. The average Bonchev–Trinajstić information content (AvgIpc) is 2.85. The van der Waals surface area contributed by atoms with Crippen LogP contribution in [0.25, 0.3) is 0 Å². The lowest BCUT2D eigenvalue weighted by Crippen LogP contribution is -2.21. The summed E-state index contributed by atoms with van der Waals surface area (Å²) in [6, 6.07) is 5.35. The molecule has 0 bridgehead atoms. The Bertz CT molecular complexity index is 697. The summed E-state index contributed by atoms with van der Waals surface area (Å²) in [7, 11) is -3.54. The zero-order valence-electron chi connectivity index (χ0n) is 10.4. The SMILES string of the molecule is NC(=S)c1cn[nH]c1NS(=O)(=O)CCc1ccccn1. The fraction of sp³-hybridized carbons (Fsp3) is 0.182. The summed E-state index contributed by atoms with van der Waals surface area (Å²) in [5, 5.41) is 6.23. The Morgan fingerprint density at radius 3 is 2.90 bits per heavy atom. The molecule has 0 spiro atoms. The van der Waals surface area contributed by atoms with E-state index in [0.717, 1.165) is 0 Å². The molecule has 2 aromatic heterocycles. The van der Waals surface area contributed by atoms with Crippen molar-refractivity contribution in [2.75, 3.05) is 10.5 Å². The van der Waals surface area contributed by atoms with Gasteiger partial charge < -0.3 is 5.73 Å². The molecule has 2 heterocycles. The first-order valence-electron chi connectivity index (χ1n) is 5.71.